The molecule has 0 amide bonds. The Morgan fingerprint density at radius 2 is 2.06 bits per heavy atom. The molecule has 94 valence electrons. The maximum absolute atomic E-state index is 6.49. The smallest absolute Gasteiger partial charge is 0.0449 e. The largest absolute Gasteiger partial charge is 0.325 e. The third kappa shape index (κ3) is 3.46. The molecular weight excluding hydrogens is 298 g/mol. The molecular formula is C14H19BrClN. The van der Waals surface area contributed by atoms with Gasteiger partial charge in [0.25, 0.3) is 0 Å². The first-order valence-corrected chi connectivity index (χ1v) is 7.38. The third-order valence-electron chi connectivity index (χ3n) is 3.83. The van der Waals surface area contributed by atoms with Crippen molar-refractivity contribution in [2.75, 3.05) is 0 Å². The zero-order valence-electron chi connectivity index (χ0n) is 10.2. The molecule has 2 rings (SSSR count). The van der Waals surface area contributed by atoms with Gasteiger partial charge < -0.3 is 5.73 Å². The lowest BCUT2D eigenvalue weighted by atomic mass is 9.75. The minimum Gasteiger partial charge on any atom is -0.325 e. The second kappa shape index (κ2) is 5.29. The summed E-state index contributed by atoms with van der Waals surface area (Å²) < 4.78 is 1.02. The lowest BCUT2D eigenvalue weighted by Gasteiger charge is -2.36. The predicted octanol–water partition coefficient (Wildman–Crippen LogP) is 4.55. The number of rotatable bonds is 2. The Kier molecular flexibility index (Phi) is 4.17. The minimum absolute atomic E-state index is 0.0516. The molecule has 3 heteroatoms. The number of halogens is 2. The van der Waals surface area contributed by atoms with Crippen LogP contribution in [0.4, 0.5) is 0 Å². The van der Waals surface area contributed by atoms with E-state index in [1.54, 1.807) is 0 Å². The van der Waals surface area contributed by atoms with E-state index in [4.69, 9.17) is 17.3 Å². The number of hydrogen-bond acceptors (Lipinski definition) is 1. The van der Waals surface area contributed by atoms with Gasteiger partial charge in [-0.1, -0.05) is 40.5 Å². The maximum Gasteiger partial charge on any atom is 0.0449 e. The maximum atomic E-state index is 6.49. The van der Waals surface area contributed by atoms with Crippen LogP contribution < -0.4 is 5.73 Å². The van der Waals surface area contributed by atoms with Crippen LogP contribution in [0.15, 0.2) is 22.7 Å². The number of hydrogen-bond donors (Lipinski definition) is 1. The monoisotopic (exact) mass is 315 g/mol. The van der Waals surface area contributed by atoms with Gasteiger partial charge in [0, 0.05) is 15.0 Å². The molecule has 0 aromatic heterocycles. The number of benzene rings is 1. The second-order valence-corrected chi connectivity index (χ2v) is 6.78. The fraction of sp³-hybridized carbons (Fsp3) is 0.571. The van der Waals surface area contributed by atoms with Crippen LogP contribution in [0, 0.1) is 5.92 Å². The van der Waals surface area contributed by atoms with Gasteiger partial charge in [-0.15, -0.1) is 0 Å². The van der Waals surface area contributed by atoms with E-state index in [2.05, 4.69) is 28.9 Å². The fourth-order valence-corrected chi connectivity index (χ4v) is 3.30. The van der Waals surface area contributed by atoms with E-state index < -0.39 is 0 Å². The SMILES string of the molecule is CC1CCC(N)(Cc2ccc(Br)cc2Cl)CC1. The molecule has 2 N–H and O–H groups in total. The topological polar surface area (TPSA) is 26.0 Å². The molecule has 1 fully saturated rings. The molecule has 1 aromatic carbocycles. The Labute approximate surface area is 117 Å². The average molecular weight is 317 g/mol. The molecule has 0 saturated heterocycles. The van der Waals surface area contributed by atoms with Gasteiger partial charge in [0.1, 0.15) is 0 Å². The van der Waals surface area contributed by atoms with Crippen molar-refractivity contribution in [3.8, 4) is 0 Å². The fourth-order valence-electron chi connectivity index (χ4n) is 2.56. The van der Waals surface area contributed by atoms with Crippen LogP contribution in [-0.4, -0.2) is 5.54 Å². The van der Waals surface area contributed by atoms with Gasteiger partial charge in [0.2, 0.25) is 0 Å². The number of nitrogens with two attached hydrogens (primary N) is 1. The van der Waals surface area contributed by atoms with E-state index in [-0.39, 0.29) is 5.54 Å². The third-order valence-corrected chi connectivity index (χ3v) is 4.67. The molecule has 0 radical (unpaired) electrons. The summed E-state index contributed by atoms with van der Waals surface area (Å²) in [6, 6.07) is 6.07. The first-order valence-electron chi connectivity index (χ1n) is 6.21. The highest BCUT2D eigenvalue weighted by Gasteiger charge is 2.30. The van der Waals surface area contributed by atoms with E-state index in [1.165, 1.54) is 18.4 Å². The van der Waals surface area contributed by atoms with Crippen LogP contribution in [0.2, 0.25) is 5.02 Å². The van der Waals surface area contributed by atoms with E-state index in [0.29, 0.717) is 0 Å². The molecule has 1 aliphatic carbocycles. The highest BCUT2D eigenvalue weighted by Crippen LogP contribution is 2.34. The molecule has 0 aliphatic heterocycles. The van der Waals surface area contributed by atoms with Crippen molar-refractivity contribution < 1.29 is 0 Å². The van der Waals surface area contributed by atoms with Crippen LogP contribution in [-0.2, 0) is 6.42 Å². The zero-order valence-corrected chi connectivity index (χ0v) is 12.5. The van der Waals surface area contributed by atoms with Crippen molar-refractivity contribution in [1.29, 1.82) is 0 Å². The average Bonchev–Trinajstić information content (AvgIpc) is 2.27. The van der Waals surface area contributed by atoms with E-state index in [0.717, 1.165) is 34.7 Å². The van der Waals surface area contributed by atoms with E-state index in [1.807, 2.05) is 12.1 Å². The van der Waals surface area contributed by atoms with Crippen LogP contribution in [0.3, 0.4) is 0 Å². The Hall–Kier alpha value is -0.0500. The zero-order chi connectivity index (χ0) is 12.5. The highest BCUT2D eigenvalue weighted by molar-refractivity contribution is 9.10. The molecule has 1 saturated carbocycles. The quantitative estimate of drug-likeness (QED) is 0.851. The molecule has 0 unspecified atom stereocenters. The van der Waals surface area contributed by atoms with Gasteiger partial charge in [-0.3, -0.25) is 0 Å². The van der Waals surface area contributed by atoms with Crippen molar-refractivity contribution >= 4 is 27.5 Å². The summed E-state index contributed by atoms with van der Waals surface area (Å²) >= 11 is 9.68. The summed E-state index contributed by atoms with van der Waals surface area (Å²) in [5.41, 5.74) is 7.61. The van der Waals surface area contributed by atoms with Crippen LogP contribution in [0.5, 0.6) is 0 Å². The summed E-state index contributed by atoms with van der Waals surface area (Å²) in [5, 5.41) is 0.822. The Balaban J connectivity index is 2.09. The predicted molar refractivity (Wildman–Crippen MR) is 77.4 cm³/mol. The molecule has 17 heavy (non-hydrogen) atoms. The highest BCUT2D eigenvalue weighted by atomic mass is 79.9. The van der Waals surface area contributed by atoms with Crippen molar-refractivity contribution in [3.63, 3.8) is 0 Å². The summed E-state index contributed by atoms with van der Waals surface area (Å²) in [5.74, 6) is 0.826. The van der Waals surface area contributed by atoms with Gasteiger partial charge in [-0.05, 0) is 55.7 Å². The second-order valence-electron chi connectivity index (χ2n) is 5.46. The van der Waals surface area contributed by atoms with Gasteiger partial charge in [0.15, 0.2) is 0 Å². The Morgan fingerprint density at radius 1 is 1.41 bits per heavy atom. The van der Waals surface area contributed by atoms with Crippen molar-refractivity contribution in [3.05, 3.63) is 33.3 Å². The van der Waals surface area contributed by atoms with Gasteiger partial charge in [-0.25, -0.2) is 0 Å². The minimum atomic E-state index is -0.0516. The first-order chi connectivity index (χ1) is 7.98. The first kappa shape index (κ1) is 13.4. The molecule has 0 spiro atoms. The molecule has 0 heterocycles. The molecule has 1 aromatic rings. The van der Waals surface area contributed by atoms with Gasteiger partial charge >= 0.3 is 0 Å². The summed E-state index contributed by atoms with van der Waals surface area (Å²) in [6.45, 7) is 2.31. The van der Waals surface area contributed by atoms with Crippen LogP contribution >= 0.6 is 27.5 Å². The summed E-state index contributed by atoms with van der Waals surface area (Å²) in [7, 11) is 0. The van der Waals surface area contributed by atoms with Crippen LogP contribution in [0.1, 0.15) is 38.2 Å². The molecule has 0 bridgehead atoms. The van der Waals surface area contributed by atoms with Crippen LogP contribution in [0.25, 0.3) is 0 Å². The van der Waals surface area contributed by atoms with Crippen molar-refractivity contribution in [2.24, 2.45) is 11.7 Å². The Bertz CT molecular complexity index is 397. The standard InChI is InChI=1S/C14H19BrClN/c1-10-4-6-14(17,7-5-10)9-11-2-3-12(15)8-13(11)16/h2-3,8,10H,4-7,9,17H2,1H3. The van der Waals surface area contributed by atoms with Crippen molar-refractivity contribution in [1.82, 2.24) is 0 Å². The lowest BCUT2D eigenvalue weighted by molar-refractivity contribution is 0.243. The normalized spacial score (nSPS) is 29.3. The molecule has 1 aliphatic rings. The lowest BCUT2D eigenvalue weighted by Crippen LogP contribution is -2.45. The van der Waals surface area contributed by atoms with E-state index in [9.17, 15) is 0 Å². The van der Waals surface area contributed by atoms with Gasteiger partial charge in [0.05, 0.1) is 0 Å². The van der Waals surface area contributed by atoms with E-state index >= 15 is 0 Å². The summed E-state index contributed by atoms with van der Waals surface area (Å²) in [4.78, 5) is 0. The van der Waals surface area contributed by atoms with Gasteiger partial charge in [-0.2, -0.15) is 0 Å². The van der Waals surface area contributed by atoms with Crippen molar-refractivity contribution in [2.45, 2.75) is 44.6 Å². The summed E-state index contributed by atoms with van der Waals surface area (Å²) in [6.07, 6.45) is 5.60. The molecule has 1 nitrogen and oxygen atoms in total. The molecule has 0 atom stereocenters. The Morgan fingerprint density at radius 3 is 2.65 bits per heavy atom.